The lowest BCUT2D eigenvalue weighted by Gasteiger charge is -2.38. The highest BCUT2D eigenvalue weighted by atomic mass is 16.4. The summed E-state index contributed by atoms with van der Waals surface area (Å²) in [7, 11) is 0. The Balaban J connectivity index is 1.94. The predicted octanol–water partition coefficient (Wildman–Crippen LogP) is 1.41. The first-order valence-corrected chi connectivity index (χ1v) is 6.79. The zero-order chi connectivity index (χ0) is 13.4. The maximum atomic E-state index is 11.4. The molecule has 1 saturated heterocycles. The van der Waals surface area contributed by atoms with Gasteiger partial charge in [-0.15, -0.1) is 0 Å². The van der Waals surface area contributed by atoms with Crippen LogP contribution in [0.4, 0.5) is 4.79 Å². The summed E-state index contributed by atoms with van der Waals surface area (Å²) in [6, 6.07) is 0.189. The molecule has 1 saturated carbocycles. The second-order valence-corrected chi connectivity index (χ2v) is 6.35. The molecule has 2 fully saturated rings. The van der Waals surface area contributed by atoms with E-state index in [1.165, 1.54) is 0 Å². The number of rotatable bonds is 5. The van der Waals surface area contributed by atoms with Crippen LogP contribution in [0.2, 0.25) is 0 Å². The van der Waals surface area contributed by atoms with Crippen LogP contribution in [0.25, 0.3) is 0 Å². The first kappa shape index (κ1) is 13.6. The third kappa shape index (κ3) is 2.95. The maximum absolute atomic E-state index is 11.4. The Hall–Kier alpha value is -0.810. The van der Waals surface area contributed by atoms with Crippen LogP contribution in [0.1, 0.15) is 46.0 Å². The van der Waals surface area contributed by atoms with Crippen LogP contribution < -0.4 is 5.32 Å². The molecular weight excluding hydrogens is 232 g/mol. The minimum atomic E-state index is -0.834. The van der Waals surface area contributed by atoms with Gasteiger partial charge in [0.25, 0.3) is 0 Å². The lowest BCUT2D eigenvalue weighted by molar-refractivity contribution is 0.0238. The summed E-state index contributed by atoms with van der Waals surface area (Å²) < 4.78 is 0. The zero-order valence-electron chi connectivity index (χ0n) is 11.3. The highest BCUT2D eigenvalue weighted by Crippen LogP contribution is 2.36. The van der Waals surface area contributed by atoms with Crippen molar-refractivity contribution < 1.29 is 15.0 Å². The Morgan fingerprint density at radius 3 is 2.61 bits per heavy atom. The first-order chi connectivity index (χ1) is 8.34. The van der Waals surface area contributed by atoms with Crippen molar-refractivity contribution in [3.8, 4) is 0 Å². The van der Waals surface area contributed by atoms with Crippen LogP contribution in [0, 0.1) is 0 Å². The molecular formula is C13H24N2O3. The average Bonchev–Trinajstić information content (AvgIpc) is 2.97. The molecule has 0 aromatic heterocycles. The summed E-state index contributed by atoms with van der Waals surface area (Å²) in [5, 5.41) is 22.8. The molecule has 1 amide bonds. The molecule has 0 bridgehead atoms. The van der Waals surface area contributed by atoms with Crippen molar-refractivity contribution in [3.05, 3.63) is 0 Å². The van der Waals surface area contributed by atoms with Crippen molar-refractivity contribution in [1.82, 2.24) is 10.2 Å². The Labute approximate surface area is 108 Å². The number of carboxylic acid groups (broad SMARTS) is 1. The molecule has 5 nitrogen and oxygen atoms in total. The molecule has 1 atom stereocenters. The molecule has 5 heteroatoms. The number of β-amino-alcohol motifs (C(OH)–C–C–N with tert-alkyl or cyclic N) is 1. The summed E-state index contributed by atoms with van der Waals surface area (Å²) in [5.41, 5.74) is -1.05. The number of carbonyl (C=O) groups is 1. The van der Waals surface area contributed by atoms with E-state index in [2.05, 4.69) is 5.32 Å². The highest BCUT2D eigenvalue weighted by Gasteiger charge is 2.43. The van der Waals surface area contributed by atoms with Crippen molar-refractivity contribution in [3.63, 3.8) is 0 Å². The van der Waals surface area contributed by atoms with Gasteiger partial charge in [0.2, 0.25) is 0 Å². The summed E-state index contributed by atoms with van der Waals surface area (Å²) in [4.78, 5) is 12.9. The van der Waals surface area contributed by atoms with Crippen molar-refractivity contribution in [2.75, 3.05) is 13.1 Å². The molecule has 0 spiro atoms. The molecule has 0 radical (unpaired) electrons. The number of hydrogen-bond acceptors (Lipinski definition) is 3. The lowest BCUT2D eigenvalue weighted by atomic mass is 9.87. The summed E-state index contributed by atoms with van der Waals surface area (Å²) in [5.74, 6) is 0. The summed E-state index contributed by atoms with van der Waals surface area (Å²) in [6.07, 6.45) is 3.24. The smallest absolute Gasteiger partial charge is 0.407 e. The Kier molecular flexibility index (Phi) is 3.56. The van der Waals surface area contributed by atoms with Crippen LogP contribution in [0.5, 0.6) is 0 Å². The van der Waals surface area contributed by atoms with Gasteiger partial charge < -0.3 is 20.4 Å². The molecule has 1 unspecified atom stereocenters. The van der Waals surface area contributed by atoms with Crippen LogP contribution >= 0.6 is 0 Å². The molecule has 2 aliphatic rings. The van der Waals surface area contributed by atoms with Crippen LogP contribution in [-0.2, 0) is 0 Å². The van der Waals surface area contributed by atoms with E-state index in [1.807, 2.05) is 13.8 Å². The fourth-order valence-electron chi connectivity index (χ4n) is 2.85. The Bertz CT molecular complexity index is 320. The standard InChI is InChI=1S/C13H24N2O3/c1-12(2,15(11(16)17)10-3-4-10)5-6-13(18)7-8-14-9-13/h10,14,18H,3-9H2,1-2H3,(H,16,17). The van der Waals surface area contributed by atoms with Crippen LogP contribution in [0.15, 0.2) is 0 Å². The molecule has 18 heavy (non-hydrogen) atoms. The van der Waals surface area contributed by atoms with E-state index in [9.17, 15) is 15.0 Å². The van der Waals surface area contributed by atoms with Gasteiger partial charge in [-0.25, -0.2) is 4.79 Å². The molecule has 0 aromatic rings. The number of aliphatic hydroxyl groups is 1. The molecule has 2 rings (SSSR count). The average molecular weight is 256 g/mol. The van der Waals surface area contributed by atoms with Gasteiger partial charge in [0.05, 0.1) is 5.60 Å². The number of hydrogen-bond donors (Lipinski definition) is 3. The van der Waals surface area contributed by atoms with Crippen LogP contribution in [-0.4, -0.2) is 51.5 Å². The SMILES string of the molecule is CC(C)(CCC1(O)CCNC1)N(C(=O)O)C1CC1. The van der Waals surface area contributed by atoms with Gasteiger partial charge in [0.1, 0.15) is 0 Å². The third-order valence-electron chi connectivity index (χ3n) is 4.19. The van der Waals surface area contributed by atoms with Crippen molar-refractivity contribution in [2.45, 2.75) is 63.1 Å². The molecule has 1 aliphatic carbocycles. The van der Waals surface area contributed by atoms with Crippen LogP contribution in [0.3, 0.4) is 0 Å². The molecule has 1 heterocycles. The highest BCUT2D eigenvalue weighted by molar-refractivity contribution is 5.67. The van der Waals surface area contributed by atoms with Gasteiger partial charge in [-0.3, -0.25) is 0 Å². The largest absolute Gasteiger partial charge is 0.465 e. The van der Waals surface area contributed by atoms with Gasteiger partial charge in [0.15, 0.2) is 0 Å². The van der Waals surface area contributed by atoms with E-state index in [4.69, 9.17) is 0 Å². The number of amides is 1. The topological polar surface area (TPSA) is 72.8 Å². The van der Waals surface area contributed by atoms with Crippen molar-refractivity contribution >= 4 is 6.09 Å². The van der Waals surface area contributed by atoms with E-state index < -0.39 is 17.2 Å². The van der Waals surface area contributed by atoms with Gasteiger partial charge >= 0.3 is 6.09 Å². The summed E-state index contributed by atoms with van der Waals surface area (Å²) >= 11 is 0. The second kappa shape index (κ2) is 4.70. The zero-order valence-corrected chi connectivity index (χ0v) is 11.3. The fraction of sp³-hybridized carbons (Fsp3) is 0.923. The Morgan fingerprint density at radius 2 is 2.17 bits per heavy atom. The number of nitrogens with zero attached hydrogens (tertiary/aromatic N) is 1. The lowest BCUT2D eigenvalue weighted by Crippen LogP contribution is -2.49. The van der Waals surface area contributed by atoms with Gasteiger partial charge in [-0.2, -0.15) is 0 Å². The van der Waals surface area contributed by atoms with E-state index in [1.54, 1.807) is 4.90 Å². The van der Waals surface area contributed by atoms with E-state index in [0.717, 1.165) is 25.8 Å². The first-order valence-electron chi connectivity index (χ1n) is 6.79. The third-order valence-corrected chi connectivity index (χ3v) is 4.19. The van der Waals surface area contributed by atoms with Crippen molar-refractivity contribution in [2.24, 2.45) is 0 Å². The quantitative estimate of drug-likeness (QED) is 0.695. The minimum absolute atomic E-state index is 0.189. The molecule has 0 aromatic carbocycles. The second-order valence-electron chi connectivity index (χ2n) is 6.35. The molecule has 1 aliphatic heterocycles. The Morgan fingerprint density at radius 1 is 1.50 bits per heavy atom. The summed E-state index contributed by atoms with van der Waals surface area (Å²) in [6.45, 7) is 5.40. The van der Waals surface area contributed by atoms with Gasteiger partial charge in [-0.1, -0.05) is 0 Å². The predicted molar refractivity (Wildman–Crippen MR) is 68.6 cm³/mol. The minimum Gasteiger partial charge on any atom is -0.465 e. The van der Waals surface area contributed by atoms with Gasteiger partial charge in [-0.05, 0) is 52.5 Å². The van der Waals surface area contributed by atoms with E-state index in [0.29, 0.717) is 19.4 Å². The van der Waals surface area contributed by atoms with Gasteiger partial charge in [0, 0.05) is 18.1 Å². The monoisotopic (exact) mass is 256 g/mol. The molecule has 3 N–H and O–H groups in total. The fourth-order valence-corrected chi connectivity index (χ4v) is 2.85. The number of nitrogens with one attached hydrogen (secondary N) is 1. The van der Waals surface area contributed by atoms with E-state index >= 15 is 0 Å². The normalized spacial score (nSPS) is 28.4. The maximum Gasteiger partial charge on any atom is 0.407 e. The van der Waals surface area contributed by atoms with E-state index in [-0.39, 0.29) is 6.04 Å². The molecule has 104 valence electrons. The van der Waals surface area contributed by atoms with Crippen molar-refractivity contribution in [1.29, 1.82) is 0 Å².